The second-order valence-corrected chi connectivity index (χ2v) is 5.29. The second-order valence-electron chi connectivity index (χ2n) is 5.29. The van der Waals surface area contributed by atoms with Gasteiger partial charge in [0.25, 0.3) is 0 Å². The monoisotopic (exact) mass is 300 g/mol. The topological polar surface area (TPSA) is 69.9 Å². The second kappa shape index (κ2) is 6.54. The Bertz CT molecular complexity index is 674. The van der Waals surface area contributed by atoms with Gasteiger partial charge in [0.2, 0.25) is 0 Å². The molecule has 0 saturated carbocycles. The lowest BCUT2D eigenvalue weighted by Crippen LogP contribution is -2.12. The van der Waals surface area contributed by atoms with Crippen LogP contribution in [0, 0.1) is 0 Å². The highest BCUT2D eigenvalue weighted by atomic mass is 16.5. The summed E-state index contributed by atoms with van der Waals surface area (Å²) in [6.07, 6.45) is -0.500. The molecule has 4 heteroatoms. The van der Waals surface area contributed by atoms with Gasteiger partial charge in [0, 0.05) is 12.0 Å². The van der Waals surface area contributed by atoms with E-state index in [1.54, 1.807) is 43.3 Å². The molecule has 0 aliphatic rings. The number of benzene rings is 2. The number of aliphatic hydroxyl groups is 1. The molecule has 0 radical (unpaired) electrons. The van der Waals surface area contributed by atoms with Gasteiger partial charge in [-0.2, -0.15) is 0 Å². The van der Waals surface area contributed by atoms with Gasteiger partial charge in [0.1, 0.15) is 17.2 Å². The Balaban J connectivity index is 2.43. The van der Waals surface area contributed by atoms with Gasteiger partial charge in [-0.15, -0.1) is 0 Å². The van der Waals surface area contributed by atoms with Crippen LogP contribution in [0.3, 0.4) is 0 Å². The van der Waals surface area contributed by atoms with Crippen LogP contribution in [0.25, 0.3) is 11.1 Å². The number of aromatic hydroxyl groups is 2. The third-order valence-corrected chi connectivity index (χ3v) is 3.57. The Kier molecular flexibility index (Phi) is 4.73. The minimum atomic E-state index is -0.737. The Morgan fingerprint density at radius 3 is 2.32 bits per heavy atom. The third kappa shape index (κ3) is 3.40. The zero-order chi connectivity index (χ0) is 16.3. The van der Waals surface area contributed by atoms with E-state index < -0.39 is 6.10 Å². The average molecular weight is 300 g/mol. The van der Waals surface area contributed by atoms with Crippen LogP contribution < -0.4 is 4.74 Å². The van der Waals surface area contributed by atoms with Crippen LogP contribution in [0.2, 0.25) is 0 Å². The first kappa shape index (κ1) is 15.9. The van der Waals surface area contributed by atoms with Crippen molar-refractivity contribution < 1.29 is 20.1 Å². The first-order chi connectivity index (χ1) is 10.4. The molecule has 0 aromatic heterocycles. The fourth-order valence-electron chi connectivity index (χ4n) is 2.21. The van der Waals surface area contributed by atoms with Crippen molar-refractivity contribution in [2.75, 3.05) is 7.11 Å². The Morgan fingerprint density at radius 1 is 1.14 bits per heavy atom. The summed E-state index contributed by atoms with van der Waals surface area (Å²) < 4.78 is 5.34. The quantitative estimate of drug-likeness (QED) is 0.741. The lowest BCUT2D eigenvalue weighted by Gasteiger charge is -2.16. The van der Waals surface area contributed by atoms with E-state index in [9.17, 15) is 15.3 Å². The van der Waals surface area contributed by atoms with Gasteiger partial charge in [0.15, 0.2) is 0 Å². The summed E-state index contributed by atoms with van der Waals surface area (Å²) in [6.45, 7) is 5.45. The summed E-state index contributed by atoms with van der Waals surface area (Å²) in [6, 6.07) is 10.1. The molecule has 3 N–H and O–H groups in total. The van der Waals surface area contributed by atoms with Crippen molar-refractivity contribution in [3.8, 4) is 28.4 Å². The molecule has 1 atom stereocenters. The maximum absolute atomic E-state index is 10.3. The zero-order valence-corrected chi connectivity index (χ0v) is 12.7. The van der Waals surface area contributed by atoms with Crippen LogP contribution in [0.5, 0.6) is 17.2 Å². The van der Waals surface area contributed by atoms with Gasteiger partial charge in [-0.3, -0.25) is 0 Å². The van der Waals surface area contributed by atoms with Crippen LogP contribution >= 0.6 is 0 Å². The van der Waals surface area contributed by atoms with Crippen LogP contribution in [-0.2, 0) is 6.42 Å². The van der Waals surface area contributed by atoms with Crippen LogP contribution in [0.4, 0.5) is 0 Å². The molecule has 2 aromatic carbocycles. The average Bonchev–Trinajstić information content (AvgIpc) is 2.49. The van der Waals surface area contributed by atoms with Gasteiger partial charge in [-0.25, -0.2) is 0 Å². The minimum Gasteiger partial charge on any atom is -0.508 e. The van der Waals surface area contributed by atoms with Gasteiger partial charge >= 0.3 is 0 Å². The number of ether oxygens (including phenoxy) is 1. The van der Waals surface area contributed by atoms with E-state index in [0.717, 1.165) is 11.1 Å². The van der Waals surface area contributed by atoms with Crippen LogP contribution in [-0.4, -0.2) is 28.5 Å². The van der Waals surface area contributed by atoms with Crippen molar-refractivity contribution >= 4 is 0 Å². The van der Waals surface area contributed by atoms with Gasteiger partial charge < -0.3 is 20.1 Å². The number of phenolic OH excluding ortho intramolecular Hbond substituents is 2. The van der Waals surface area contributed by atoms with E-state index >= 15 is 0 Å². The first-order valence-electron chi connectivity index (χ1n) is 6.95. The van der Waals surface area contributed by atoms with E-state index in [4.69, 9.17) is 4.74 Å². The molecule has 0 fully saturated rings. The number of hydrogen-bond donors (Lipinski definition) is 3. The summed E-state index contributed by atoms with van der Waals surface area (Å²) >= 11 is 0. The third-order valence-electron chi connectivity index (χ3n) is 3.57. The fraction of sp³-hybridized carbons (Fsp3) is 0.222. The van der Waals surface area contributed by atoms with E-state index in [1.807, 2.05) is 0 Å². The van der Waals surface area contributed by atoms with Crippen molar-refractivity contribution in [1.29, 1.82) is 0 Å². The van der Waals surface area contributed by atoms with Crippen molar-refractivity contribution in [3.63, 3.8) is 0 Å². The Morgan fingerprint density at radius 2 is 1.77 bits per heavy atom. The van der Waals surface area contributed by atoms with Gasteiger partial charge in [-0.05, 0) is 42.3 Å². The number of aliphatic hydroxyl groups excluding tert-OH is 1. The largest absolute Gasteiger partial charge is 0.508 e. The van der Waals surface area contributed by atoms with E-state index in [2.05, 4.69) is 6.58 Å². The molecule has 116 valence electrons. The normalized spacial score (nSPS) is 12.0. The molecule has 2 aromatic rings. The van der Waals surface area contributed by atoms with Crippen molar-refractivity contribution in [2.24, 2.45) is 0 Å². The lowest BCUT2D eigenvalue weighted by atomic mass is 9.97. The summed E-state index contributed by atoms with van der Waals surface area (Å²) in [5.41, 5.74) is 2.78. The fourth-order valence-corrected chi connectivity index (χ4v) is 2.21. The molecular formula is C18H20O4. The SMILES string of the molecule is C=C(C)[C@@H](O)Cc1c(O)cc(-c2ccc(O)cc2)cc1OC. The maximum Gasteiger partial charge on any atom is 0.126 e. The number of phenols is 2. The Hall–Kier alpha value is -2.46. The molecule has 0 aliphatic carbocycles. The standard InChI is InChI=1S/C18H20O4/c1-11(2)16(20)10-15-17(21)8-13(9-18(15)22-3)12-4-6-14(19)7-5-12/h4-9,16,19-21H,1,10H2,2-3H3/t16-/m0/s1. The molecular weight excluding hydrogens is 280 g/mol. The van der Waals surface area contributed by atoms with Gasteiger partial charge in [0.05, 0.1) is 13.2 Å². The minimum absolute atomic E-state index is 0.0581. The lowest BCUT2D eigenvalue weighted by molar-refractivity contribution is 0.209. The van der Waals surface area contributed by atoms with Gasteiger partial charge in [-0.1, -0.05) is 24.3 Å². The first-order valence-corrected chi connectivity index (χ1v) is 6.95. The maximum atomic E-state index is 10.3. The van der Waals surface area contributed by atoms with Crippen molar-refractivity contribution in [1.82, 2.24) is 0 Å². The summed E-state index contributed by atoms with van der Waals surface area (Å²) in [5, 5.41) is 29.6. The molecule has 0 unspecified atom stereocenters. The molecule has 2 rings (SSSR count). The molecule has 0 aliphatic heterocycles. The van der Waals surface area contributed by atoms with Crippen LogP contribution in [0.1, 0.15) is 12.5 Å². The predicted octanol–water partition coefficient (Wildman–Crippen LogP) is 3.25. The molecule has 0 heterocycles. The smallest absolute Gasteiger partial charge is 0.126 e. The van der Waals surface area contributed by atoms with Crippen molar-refractivity contribution in [2.45, 2.75) is 19.4 Å². The number of rotatable bonds is 5. The molecule has 0 amide bonds. The molecule has 4 nitrogen and oxygen atoms in total. The summed E-state index contributed by atoms with van der Waals surface area (Å²) in [4.78, 5) is 0. The highest BCUT2D eigenvalue weighted by Gasteiger charge is 2.16. The molecule has 0 bridgehead atoms. The number of hydrogen-bond acceptors (Lipinski definition) is 4. The van der Waals surface area contributed by atoms with Crippen LogP contribution in [0.15, 0.2) is 48.6 Å². The highest BCUT2D eigenvalue weighted by Crippen LogP contribution is 2.36. The Labute approximate surface area is 129 Å². The molecule has 0 saturated heterocycles. The molecule has 22 heavy (non-hydrogen) atoms. The predicted molar refractivity (Wildman–Crippen MR) is 86.3 cm³/mol. The van der Waals surface area contributed by atoms with E-state index in [1.165, 1.54) is 7.11 Å². The highest BCUT2D eigenvalue weighted by molar-refractivity contribution is 5.69. The zero-order valence-electron chi connectivity index (χ0n) is 12.7. The summed E-state index contributed by atoms with van der Waals surface area (Å²) in [5.74, 6) is 0.743. The summed E-state index contributed by atoms with van der Waals surface area (Å²) in [7, 11) is 1.52. The van der Waals surface area contributed by atoms with Crippen molar-refractivity contribution in [3.05, 3.63) is 54.1 Å². The van der Waals surface area contributed by atoms with E-state index in [-0.39, 0.29) is 17.9 Å². The van der Waals surface area contributed by atoms with E-state index in [0.29, 0.717) is 16.9 Å². The number of methoxy groups -OCH3 is 1. The molecule has 0 spiro atoms.